The molecule has 3 nitrogen and oxygen atoms in total. The van der Waals surface area contributed by atoms with Gasteiger partial charge in [0.25, 0.3) is 0 Å². The maximum absolute atomic E-state index is 6.28. The summed E-state index contributed by atoms with van der Waals surface area (Å²) in [6, 6.07) is 11.7. The lowest BCUT2D eigenvalue weighted by Gasteiger charge is -2.10. The van der Waals surface area contributed by atoms with Gasteiger partial charge in [-0.05, 0) is 25.1 Å². The van der Waals surface area contributed by atoms with Gasteiger partial charge in [0.2, 0.25) is 0 Å². The molecule has 2 heterocycles. The van der Waals surface area contributed by atoms with E-state index in [4.69, 9.17) is 23.2 Å². The number of hydrogen-bond donors (Lipinski definition) is 1. The Morgan fingerprint density at radius 2 is 1.90 bits per heavy atom. The van der Waals surface area contributed by atoms with Crippen molar-refractivity contribution in [2.75, 3.05) is 11.9 Å². The van der Waals surface area contributed by atoms with Crippen LogP contribution in [-0.2, 0) is 0 Å². The summed E-state index contributed by atoms with van der Waals surface area (Å²) in [5.41, 5.74) is 2.49. The molecule has 0 aliphatic heterocycles. The first-order valence-corrected chi connectivity index (χ1v) is 7.39. The molecule has 3 rings (SSSR count). The van der Waals surface area contributed by atoms with E-state index in [1.807, 2.05) is 37.3 Å². The zero-order chi connectivity index (χ0) is 14.8. The highest BCUT2D eigenvalue weighted by Gasteiger charge is 2.11. The van der Waals surface area contributed by atoms with Gasteiger partial charge in [0, 0.05) is 23.7 Å². The van der Waals surface area contributed by atoms with Crippen molar-refractivity contribution in [2.45, 2.75) is 6.92 Å². The van der Waals surface area contributed by atoms with Gasteiger partial charge in [-0.15, -0.1) is 0 Å². The fraction of sp³-hybridized carbons (Fsp3) is 0.125. The lowest BCUT2D eigenvalue weighted by Crippen LogP contribution is -2.01. The Hall–Kier alpha value is -1.84. The molecule has 0 aliphatic carbocycles. The molecule has 0 atom stereocenters. The Kier molecular flexibility index (Phi) is 3.95. The summed E-state index contributed by atoms with van der Waals surface area (Å²) in [6.07, 6.45) is 1.78. The van der Waals surface area contributed by atoms with E-state index in [0.29, 0.717) is 21.6 Å². The van der Waals surface area contributed by atoms with E-state index in [9.17, 15) is 0 Å². The Labute approximate surface area is 132 Å². The largest absolute Gasteiger partial charge is 0.369 e. The lowest BCUT2D eigenvalue weighted by molar-refractivity contribution is 1.16. The number of pyridine rings is 2. The molecular weight excluding hydrogens is 305 g/mol. The van der Waals surface area contributed by atoms with Crippen molar-refractivity contribution in [2.24, 2.45) is 0 Å². The Bertz CT molecular complexity index is 803. The second kappa shape index (κ2) is 5.88. The first kappa shape index (κ1) is 14.1. The summed E-state index contributed by atoms with van der Waals surface area (Å²) in [6.45, 7) is 2.73. The van der Waals surface area contributed by atoms with Gasteiger partial charge in [-0.25, -0.2) is 4.98 Å². The normalized spacial score (nSPS) is 10.8. The van der Waals surface area contributed by atoms with Crippen LogP contribution in [0.4, 0.5) is 5.82 Å². The molecule has 5 heteroatoms. The van der Waals surface area contributed by atoms with Gasteiger partial charge >= 0.3 is 0 Å². The van der Waals surface area contributed by atoms with Crippen molar-refractivity contribution in [3.63, 3.8) is 0 Å². The summed E-state index contributed by atoms with van der Waals surface area (Å²) in [5, 5.41) is 5.20. The quantitative estimate of drug-likeness (QED) is 0.735. The van der Waals surface area contributed by atoms with Crippen LogP contribution >= 0.6 is 23.2 Å². The maximum Gasteiger partial charge on any atom is 0.145 e. The van der Waals surface area contributed by atoms with Crippen LogP contribution in [0.3, 0.4) is 0 Å². The minimum Gasteiger partial charge on any atom is -0.369 e. The van der Waals surface area contributed by atoms with E-state index in [0.717, 1.165) is 23.0 Å². The molecule has 0 saturated carbocycles. The predicted molar refractivity (Wildman–Crippen MR) is 89.2 cm³/mol. The number of nitrogens with one attached hydrogen (secondary N) is 1. The number of para-hydroxylation sites is 1. The maximum atomic E-state index is 6.28. The van der Waals surface area contributed by atoms with Crippen LogP contribution in [0, 0.1) is 0 Å². The lowest BCUT2D eigenvalue weighted by atomic mass is 10.1. The van der Waals surface area contributed by atoms with E-state index >= 15 is 0 Å². The topological polar surface area (TPSA) is 37.8 Å². The van der Waals surface area contributed by atoms with Crippen molar-refractivity contribution in [1.29, 1.82) is 0 Å². The molecule has 0 saturated heterocycles. The van der Waals surface area contributed by atoms with Crippen LogP contribution in [0.15, 0.2) is 42.6 Å². The van der Waals surface area contributed by atoms with Crippen LogP contribution in [-0.4, -0.2) is 16.5 Å². The molecule has 106 valence electrons. The van der Waals surface area contributed by atoms with Crippen molar-refractivity contribution < 1.29 is 0 Å². The molecule has 0 spiro atoms. The predicted octanol–water partition coefficient (Wildman–Crippen LogP) is 5.04. The number of nitrogens with zero attached hydrogens (tertiary/aromatic N) is 2. The third-order valence-corrected chi connectivity index (χ3v) is 3.71. The zero-order valence-electron chi connectivity index (χ0n) is 11.4. The number of rotatable bonds is 3. The standard InChI is InChI=1S/C16H13Cl2N3/c1-2-19-16-13(18)8-12(17)15(21-16)11-7-10-5-3-4-6-14(10)20-9-11/h3-9H,2H2,1H3,(H,19,21). The molecule has 0 aliphatic rings. The number of hydrogen-bond acceptors (Lipinski definition) is 3. The van der Waals surface area contributed by atoms with Gasteiger partial charge in [0.1, 0.15) is 5.82 Å². The van der Waals surface area contributed by atoms with Crippen LogP contribution in [0.25, 0.3) is 22.2 Å². The van der Waals surface area contributed by atoms with Gasteiger partial charge in [0.05, 0.1) is 21.3 Å². The molecule has 2 aromatic heterocycles. The average molecular weight is 318 g/mol. The van der Waals surface area contributed by atoms with E-state index < -0.39 is 0 Å². The highest BCUT2D eigenvalue weighted by Crippen LogP contribution is 2.33. The number of aromatic nitrogens is 2. The highest BCUT2D eigenvalue weighted by atomic mass is 35.5. The fourth-order valence-electron chi connectivity index (χ4n) is 2.16. The van der Waals surface area contributed by atoms with Crippen LogP contribution in [0.1, 0.15) is 6.92 Å². The van der Waals surface area contributed by atoms with E-state index in [2.05, 4.69) is 15.3 Å². The smallest absolute Gasteiger partial charge is 0.145 e. The summed E-state index contributed by atoms with van der Waals surface area (Å²) in [7, 11) is 0. The fourth-order valence-corrected chi connectivity index (χ4v) is 2.70. The van der Waals surface area contributed by atoms with E-state index in [1.165, 1.54) is 0 Å². The van der Waals surface area contributed by atoms with Crippen molar-refractivity contribution in [3.05, 3.63) is 52.6 Å². The Balaban J connectivity index is 2.15. The summed E-state index contributed by atoms with van der Waals surface area (Å²) < 4.78 is 0. The molecule has 1 aromatic carbocycles. The first-order valence-electron chi connectivity index (χ1n) is 6.64. The molecule has 0 amide bonds. The number of anilines is 1. The Morgan fingerprint density at radius 3 is 2.71 bits per heavy atom. The van der Waals surface area contributed by atoms with Gasteiger partial charge < -0.3 is 5.32 Å². The van der Waals surface area contributed by atoms with Gasteiger partial charge in [-0.2, -0.15) is 0 Å². The van der Waals surface area contributed by atoms with E-state index in [-0.39, 0.29) is 0 Å². The third-order valence-electron chi connectivity index (χ3n) is 3.14. The highest BCUT2D eigenvalue weighted by molar-refractivity contribution is 6.37. The van der Waals surface area contributed by atoms with Gasteiger partial charge in [-0.1, -0.05) is 41.4 Å². The molecule has 0 unspecified atom stereocenters. The monoisotopic (exact) mass is 317 g/mol. The van der Waals surface area contributed by atoms with Gasteiger partial charge in [0.15, 0.2) is 0 Å². The molecular formula is C16H13Cl2N3. The molecule has 0 fully saturated rings. The number of fused-ring (bicyclic) bond motifs is 1. The SMILES string of the molecule is CCNc1nc(-c2cnc3ccccc3c2)c(Cl)cc1Cl. The third kappa shape index (κ3) is 2.80. The van der Waals surface area contributed by atoms with Crippen LogP contribution in [0.5, 0.6) is 0 Å². The van der Waals surface area contributed by atoms with Crippen molar-refractivity contribution >= 4 is 39.9 Å². The summed E-state index contributed by atoms with van der Waals surface area (Å²) >= 11 is 12.4. The molecule has 0 bridgehead atoms. The molecule has 3 aromatic rings. The number of benzene rings is 1. The molecule has 1 N–H and O–H groups in total. The van der Waals surface area contributed by atoms with Gasteiger partial charge in [-0.3, -0.25) is 4.98 Å². The summed E-state index contributed by atoms with van der Waals surface area (Å²) in [5.74, 6) is 0.631. The number of halogens is 2. The zero-order valence-corrected chi connectivity index (χ0v) is 12.9. The second-order valence-electron chi connectivity index (χ2n) is 4.60. The molecule has 0 radical (unpaired) electrons. The minimum absolute atomic E-state index is 0.513. The average Bonchev–Trinajstić information content (AvgIpc) is 2.49. The van der Waals surface area contributed by atoms with Crippen molar-refractivity contribution in [1.82, 2.24) is 9.97 Å². The summed E-state index contributed by atoms with van der Waals surface area (Å²) in [4.78, 5) is 8.97. The molecule has 21 heavy (non-hydrogen) atoms. The van der Waals surface area contributed by atoms with Crippen molar-refractivity contribution in [3.8, 4) is 11.3 Å². The Morgan fingerprint density at radius 1 is 1.10 bits per heavy atom. The van der Waals surface area contributed by atoms with Crippen LogP contribution in [0.2, 0.25) is 10.0 Å². The minimum atomic E-state index is 0.513. The van der Waals surface area contributed by atoms with Crippen LogP contribution < -0.4 is 5.32 Å². The van der Waals surface area contributed by atoms with E-state index in [1.54, 1.807) is 12.3 Å². The second-order valence-corrected chi connectivity index (χ2v) is 5.41. The first-order chi connectivity index (χ1) is 10.2.